The topological polar surface area (TPSA) is 94.2 Å². The van der Waals surface area contributed by atoms with Crippen LogP contribution in [0.3, 0.4) is 0 Å². The molecule has 33 heavy (non-hydrogen) atoms. The van der Waals surface area contributed by atoms with Crippen molar-refractivity contribution < 1.29 is 40.6 Å². The van der Waals surface area contributed by atoms with Crippen molar-refractivity contribution in [1.82, 2.24) is 4.31 Å². The van der Waals surface area contributed by atoms with Gasteiger partial charge in [-0.1, -0.05) is 0 Å². The second kappa shape index (κ2) is 9.87. The molecule has 0 bridgehead atoms. The summed E-state index contributed by atoms with van der Waals surface area (Å²) in [7, 11) is -1.09. The Kier molecular flexibility index (Phi) is 7.38. The minimum atomic E-state index is -4.62. The minimum Gasteiger partial charge on any atom is -0.497 e. The molecule has 2 aromatic rings. The highest BCUT2D eigenvalue weighted by molar-refractivity contribution is 7.89. The molecule has 1 amide bonds. The second-order valence-electron chi connectivity index (χ2n) is 7.23. The molecule has 0 spiro atoms. The Bertz CT molecular complexity index is 1090. The van der Waals surface area contributed by atoms with E-state index < -0.39 is 28.7 Å². The van der Waals surface area contributed by atoms with Gasteiger partial charge in [0.25, 0.3) is 5.91 Å². The monoisotopic (exact) mass is 488 g/mol. The zero-order valence-electron chi connectivity index (χ0n) is 17.9. The first-order valence-corrected chi connectivity index (χ1v) is 11.4. The number of anilines is 1. The number of nitrogens with one attached hydrogen (secondary N) is 1. The molecule has 0 atom stereocenters. The SMILES string of the molecule is COc1cc(OC)cc(C(=O)Nc2cc(S(=O)(=O)N3CCCC3)ccc2OCC(F)(F)F)c1. The number of sulfonamides is 1. The first-order chi connectivity index (χ1) is 15.5. The summed E-state index contributed by atoms with van der Waals surface area (Å²) in [5.41, 5.74) is -0.132. The van der Waals surface area contributed by atoms with E-state index in [1.165, 1.54) is 36.7 Å². The van der Waals surface area contributed by atoms with Gasteiger partial charge >= 0.3 is 6.18 Å². The number of ether oxygens (including phenoxy) is 3. The second-order valence-corrected chi connectivity index (χ2v) is 9.17. The molecular weight excluding hydrogens is 465 g/mol. The van der Waals surface area contributed by atoms with E-state index in [1.54, 1.807) is 0 Å². The Labute approximate surface area is 189 Å². The number of amides is 1. The fraction of sp³-hybridized carbons (Fsp3) is 0.381. The third-order valence-corrected chi connectivity index (χ3v) is 6.80. The van der Waals surface area contributed by atoms with E-state index in [0.717, 1.165) is 18.2 Å². The molecule has 0 aliphatic carbocycles. The average molecular weight is 488 g/mol. The summed E-state index contributed by atoms with van der Waals surface area (Å²) in [6, 6.07) is 7.68. The van der Waals surface area contributed by atoms with Crippen LogP contribution in [0.1, 0.15) is 23.2 Å². The molecule has 1 saturated heterocycles. The zero-order chi connectivity index (χ0) is 24.2. The number of rotatable bonds is 8. The van der Waals surface area contributed by atoms with Gasteiger partial charge in [0.05, 0.1) is 24.8 Å². The molecule has 0 saturated carbocycles. The number of carbonyl (C=O) groups excluding carboxylic acids is 1. The van der Waals surface area contributed by atoms with Gasteiger partial charge in [0.2, 0.25) is 10.0 Å². The van der Waals surface area contributed by atoms with Crippen LogP contribution in [0.5, 0.6) is 17.2 Å². The summed E-state index contributed by atoms with van der Waals surface area (Å²) in [4.78, 5) is 12.7. The van der Waals surface area contributed by atoms with Crippen molar-refractivity contribution in [3.8, 4) is 17.2 Å². The van der Waals surface area contributed by atoms with Crippen LogP contribution in [-0.4, -0.2) is 58.7 Å². The van der Waals surface area contributed by atoms with Crippen LogP contribution in [0.25, 0.3) is 0 Å². The summed E-state index contributed by atoms with van der Waals surface area (Å²) in [6.07, 6.45) is -3.19. The summed E-state index contributed by atoms with van der Waals surface area (Å²) in [5, 5.41) is 2.44. The lowest BCUT2D eigenvalue weighted by atomic mass is 10.1. The van der Waals surface area contributed by atoms with E-state index in [0.29, 0.717) is 37.4 Å². The number of hydrogen-bond donors (Lipinski definition) is 1. The maximum Gasteiger partial charge on any atom is 0.422 e. The van der Waals surface area contributed by atoms with Crippen LogP contribution < -0.4 is 19.5 Å². The Hall–Kier alpha value is -2.99. The van der Waals surface area contributed by atoms with E-state index in [4.69, 9.17) is 14.2 Å². The van der Waals surface area contributed by atoms with Gasteiger partial charge in [-0.15, -0.1) is 0 Å². The standard InChI is InChI=1S/C21H23F3N2O6S/c1-30-15-9-14(10-16(11-15)31-2)20(27)25-18-12-17(33(28,29)26-7-3-4-8-26)5-6-19(18)32-13-21(22,23)24/h5-6,9-12H,3-4,7-8,13H2,1-2H3,(H,25,27). The van der Waals surface area contributed by atoms with Crippen molar-refractivity contribution in [2.75, 3.05) is 39.2 Å². The minimum absolute atomic E-state index is 0.0841. The summed E-state index contributed by atoms with van der Waals surface area (Å²) in [6.45, 7) is -0.916. The van der Waals surface area contributed by atoms with Gasteiger partial charge in [0.1, 0.15) is 17.2 Å². The largest absolute Gasteiger partial charge is 0.497 e. The fourth-order valence-corrected chi connectivity index (χ4v) is 4.81. The summed E-state index contributed by atoms with van der Waals surface area (Å²) < 4.78 is 80.2. The van der Waals surface area contributed by atoms with Gasteiger partial charge in [0, 0.05) is 24.7 Å². The van der Waals surface area contributed by atoms with Crippen LogP contribution in [0, 0.1) is 0 Å². The fourth-order valence-electron chi connectivity index (χ4n) is 3.26. The van der Waals surface area contributed by atoms with Crippen molar-refractivity contribution in [1.29, 1.82) is 0 Å². The molecule has 0 aromatic heterocycles. The number of hydrogen-bond acceptors (Lipinski definition) is 6. The van der Waals surface area contributed by atoms with E-state index in [-0.39, 0.29) is 21.9 Å². The Balaban J connectivity index is 1.97. The number of nitrogens with zero attached hydrogens (tertiary/aromatic N) is 1. The number of alkyl halides is 3. The molecule has 180 valence electrons. The highest BCUT2D eigenvalue weighted by Crippen LogP contribution is 2.32. The first-order valence-electron chi connectivity index (χ1n) is 9.91. The summed E-state index contributed by atoms with van der Waals surface area (Å²) in [5.74, 6) is -0.410. The maximum atomic E-state index is 12.9. The number of benzene rings is 2. The highest BCUT2D eigenvalue weighted by atomic mass is 32.2. The van der Waals surface area contributed by atoms with Crippen LogP contribution >= 0.6 is 0 Å². The molecule has 8 nitrogen and oxygen atoms in total. The van der Waals surface area contributed by atoms with Gasteiger partial charge in [-0.3, -0.25) is 4.79 Å². The first kappa shape index (κ1) is 24.6. The summed E-state index contributed by atoms with van der Waals surface area (Å²) >= 11 is 0. The van der Waals surface area contributed by atoms with Gasteiger partial charge in [-0.05, 0) is 43.2 Å². The van der Waals surface area contributed by atoms with Crippen molar-refractivity contribution >= 4 is 21.6 Å². The molecule has 1 N–H and O–H groups in total. The Morgan fingerprint density at radius 3 is 2.18 bits per heavy atom. The predicted molar refractivity (Wildman–Crippen MR) is 113 cm³/mol. The normalized spacial score (nSPS) is 14.7. The van der Waals surface area contributed by atoms with Crippen molar-refractivity contribution in [2.45, 2.75) is 23.9 Å². The van der Waals surface area contributed by atoms with Crippen molar-refractivity contribution in [3.63, 3.8) is 0 Å². The third kappa shape index (κ3) is 6.08. The molecule has 3 rings (SSSR count). The average Bonchev–Trinajstić information content (AvgIpc) is 3.33. The lowest BCUT2D eigenvalue weighted by Gasteiger charge is -2.19. The van der Waals surface area contributed by atoms with E-state index in [9.17, 15) is 26.4 Å². The molecule has 1 aliphatic heterocycles. The van der Waals surface area contributed by atoms with Crippen LogP contribution in [-0.2, 0) is 10.0 Å². The third-order valence-electron chi connectivity index (χ3n) is 4.91. The van der Waals surface area contributed by atoms with Gasteiger partial charge in [-0.25, -0.2) is 8.42 Å². The Morgan fingerprint density at radius 2 is 1.64 bits per heavy atom. The van der Waals surface area contributed by atoms with E-state index in [1.807, 2.05) is 0 Å². The molecule has 0 unspecified atom stereocenters. The molecule has 1 fully saturated rings. The van der Waals surface area contributed by atoms with Gasteiger partial charge < -0.3 is 19.5 Å². The molecule has 12 heteroatoms. The quantitative estimate of drug-likeness (QED) is 0.609. The van der Waals surface area contributed by atoms with E-state index >= 15 is 0 Å². The Morgan fingerprint density at radius 1 is 1.03 bits per heavy atom. The predicted octanol–water partition coefficient (Wildman–Crippen LogP) is 3.68. The molecule has 0 radical (unpaired) electrons. The number of carbonyl (C=O) groups is 1. The smallest absolute Gasteiger partial charge is 0.422 e. The molecule has 1 aliphatic rings. The van der Waals surface area contributed by atoms with Gasteiger partial charge in [0.15, 0.2) is 6.61 Å². The molecule has 1 heterocycles. The number of methoxy groups -OCH3 is 2. The lowest BCUT2D eigenvalue weighted by molar-refractivity contribution is -0.153. The number of halogens is 3. The zero-order valence-corrected chi connectivity index (χ0v) is 18.8. The van der Waals surface area contributed by atoms with Crippen molar-refractivity contribution in [3.05, 3.63) is 42.0 Å². The van der Waals surface area contributed by atoms with Crippen molar-refractivity contribution in [2.24, 2.45) is 0 Å². The van der Waals surface area contributed by atoms with Gasteiger partial charge in [-0.2, -0.15) is 17.5 Å². The molecular formula is C21H23F3N2O6S. The van der Waals surface area contributed by atoms with Crippen LogP contribution in [0.4, 0.5) is 18.9 Å². The van der Waals surface area contributed by atoms with E-state index in [2.05, 4.69) is 5.32 Å². The van der Waals surface area contributed by atoms with Crippen LogP contribution in [0.2, 0.25) is 0 Å². The van der Waals surface area contributed by atoms with Crippen LogP contribution in [0.15, 0.2) is 41.3 Å². The lowest BCUT2D eigenvalue weighted by Crippen LogP contribution is -2.28. The highest BCUT2D eigenvalue weighted by Gasteiger charge is 2.31. The maximum absolute atomic E-state index is 12.9. The molecule has 2 aromatic carbocycles.